The number of unbranched alkanes of at least 4 members (excludes halogenated alkanes) is 1. The number of rotatable bonds is 8. The molecule has 0 spiro atoms. The van der Waals surface area contributed by atoms with Crippen LogP contribution in [-0.4, -0.2) is 37.1 Å². The number of aromatic nitrogens is 1. The summed E-state index contributed by atoms with van der Waals surface area (Å²) in [4.78, 5) is 17.9. The minimum Gasteiger partial charge on any atom is -0.465 e. The fourth-order valence-electron chi connectivity index (χ4n) is 5.46. The van der Waals surface area contributed by atoms with E-state index in [4.69, 9.17) is 4.43 Å². The van der Waals surface area contributed by atoms with Crippen molar-refractivity contribution in [3.8, 4) is 0 Å². The number of hydrogen-bond donors (Lipinski definition) is 1. The average Bonchev–Trinajstić information content (AvgIpc) is 2.86. The van der Waals surface area contributed by atoms with Gasteiger partial charge in [-0.25, -0.2) is 9.78 Å². The van der Waals surface area contributed by atoms with Gasteiger partial charge in [-0.15, -0.1) is 0 Å². The largest absolute Gasteiger partial charge is 0.465 e. The smallest absolute Gasteiger partial charge is 0.413 e. The fourth-order valence-corrected chi connectivity index (χ4v) is 10.1. The molecule has 6 heteroatoms. The summed E-state index contributed by atoms with van der Waals surface area (Å²) in [7, 11) is -2.53. The van der Waals surface area contributed by atoms with Crippen molar-refractivity contribution in [1.29, 1.82) is 0 Å². The summed E-state index contributed by atoms with van der Waals surface area (Å²) >= 11 is 0. The molecule has 5 nitrogen and oxygen atoms in total. The van der Waals surface area contributed by atoms with Crippen molar-refractivity contribution in [2.75, 3.05) is 11.5 Å². The lowest BCUT2D eigenvalue weighted by molar-refractivity contribution is 0.196. The van der Waals surface area contributed by atoms with Gasteiger partial charge in [-0.05, 0) is 59.1 Å². The first kappa shape index (κ1) is 25.1. The summed E-state index contributed by atoms with van der Waals surface area (Å²) in [6, 6.07) is 25.2. The molecule has 1 aromatic heterocycles. The van der Waals surface area contributed by atoms with Crippen LogP contribution in [0, 0.1) is 0 Å². The second-order valence-electron chi connectivity index (χ2n) is 10.3. The Morgan fingerprint density at radius 2 is 1.63 bits per heavy atom. The van der Waals surface area contributed by atoms with E-state index in [1.54, 1.807) is 6.20 Å². The van der Waals surface area contributed by atoms with Crippen LogP contribution in [0.25, 0.3) is 0 Å². The first-order chi connectivity index (χ1) is 16.8. The average molecular weight is 489 g/mol. The Hall–Kier alpha value is -2.96. The summed E-state index contributed by atoms with van der Waals surface area (Å²) in [5.74, 6) is 0.597. The molecular formula is C29H36N2O3Si. The Morgan fingerprint density at radius 3 is 2.20 bits per heavy atom. The number of hydrogen-bond acceptors (Lipinski definition) is 3. The van der Waals surface area contributed by atoms with Crippen LogP contribution in [0.3, 0.4) is 0 Å². The highest BCUT2D eigenvalue weighted by Crippen LogP contribution is 2.37. The Bertz CT molecular complexity index is 1080. The van der Waals surface area contributed by atoms with Crippen LogP contribution in [0.1, 0.15) is 52.0 Å². The molecule has 35 heavy (non-hydrogen) atoms. The zero-order valence-corrected chi connectivity index (χ0v) is 22.0. The molecule has 0 saturated heterocycles. The van der Waals surface area contributed by atoms with Gasteiger partial charge < -0.3 is 9.53 Å². The number of anilines is 1. The maximum absolute atomic E-state index is 12.0. The Balaban J connectivity index is 1.47. The highest BCUT2D eigenvalue weighted by Gasteiger charge is 2.50. The number of benzene rings is 2. The van der Waals surface area contributed by atoms with E-state index in [0.29, 0.717) is 12.4 Å². The zero-order chi connectivity index (χ0) is 24.9. The molecule has 2 heterocycles. The molecule has 1 N–H and O–H groups in total. The molecule has 184 valence electrons. The van der Waals surface area contributed by atoms with E-state index in [-0.39, 0.29) is 11.1 Å². The highest BCUT2D eigenvalue weighted by atomic mass is 28.4. The van der Waals surface area contributed by atoms with E-state index in [9.17, 15) is 9.90 Å². The number of carboxylic acid groups (broad SMARTS) is 1. The minimum atomic E-state index is -2.53. The summed E-state index contributed by atoms with van der Waals surface area (Å²) < 4.78 is 6.98. The molecule has 1 atom stereocenters. The lowest BCUT2D eigenvalue weighted by Gasteiger charge is -2.43. The third kappa shape index (κ3) is 5.19. The van der Waals surface area contributed by atoms with Crippen molar-refractivity contribution < 1.29 is 14.3 Å². The van der Waals surface area contributed by atoms with Gasteiger partial charge in [0.15, 0.2) is 0 Å². The van der Waals surface area contributed by atoms with Crippen LogP contribution in [0.4, 0.5) is 10.6 Å². The van der Waals surface area contributed by atoms with Gasteiger partial charge in [0.25, 0.3) is 8.32 Å². The summed E-state index contributed by atoms with van der Waals surface area (Å²) in [6.07, 6.45) is 5.08. The summed E-state index contributed by atoms with van der Waals surface area (Å²) in [6.45, 7) is 7.52. The minimum absolute atomic E-state index is 0.0391. The molecule has 0 saturated carbocycles. The number of nitrogens with zero attached hydrogens (tertiary/aromatic N) is 2. The van der Waals surface area contributed by atoms with Crippen molar-refractivity contribution in [3.05, 3.63) is 84.6 Å². The molecule has 1 aliphatic rings. The van der Waals surface area contributed by atoms with Crippen molar-refractivity contribution in [3.63, 3.8) is 0 Å². The molecule has 1 amide bonds. The maximum Gasteiger partial charge on any atom is 0.413 e. The predicted molar refractivity (Wildman–Crippen MR) is 144 cm³/mol. The van der Waals surface area contributed by atoms with E-state index in [2.05, 4.69) is 86.4 Å². The van der Waals surface area contributed by atoms with Crippen molar-refractivity contribution in [2.45, 2.75) is 64.0 Å². The first-order valence-electron chi connectivity index (χ1n) is 12.6. The molecule has 1 aliphatic heterocycles. The molecule has 1 unspecified atom stereocenters. The standard InChI is InChI=1S/C29H36N2O3Si/c1-29(2,3)35(25-15-6-4-7-16-25,26-17-8-5-9-18-26)34-22-11-10-14-24-20-19-23-13-12-21-30-27(23)31(24)28(32)33/h4-9,12-13,15-18,21,24H,10-11,14,19-20,22H2,1-3H3,(H,32,33). The topological polar surface area (TPSA) is 62.7 Å². The molecule has 3 aromatic rings. The summed E-state index contributed by atoms with van der Waals surface area (Å²) in [5.41, 5.74) is 1.01. The molecule has 0 fully saturated rings. The molecule has 0 aliphatic carbocycles. The van der Waals surface area contributed by atoms with Crippen molar-refractivity contribution in [1.82, 2.24) is 4.98 Å². The number of amides is 1. The fraction of sp³-hybridized carbons (Fsp3) is 0.379. The van der Waals surface area contributed by atoms with Gasteiger partial charge in [0, 0.05) is 18.8 Å². The van der Waals surface area contributed by atoms with E-state index in [1.165, 1.54) is 15.3 Å². The Kier molecular flexibility index (Phi) is 7.72. The van der Waals surface area contributed by atoms with E-state index in [1.807, 2.05) is 12.1 Å². The van der Waals surface area contributed by atoms with Gasteiger partial charge in [0.05, 0.1) is 0 Å². The lowest BCUT2D eigenvalue weighted by Crippen LogP contribution is -2.66. The monoisotopic (exact) mass is 488 g/mol. The van der Waals surface area contributed by atoms with Crippen molar-refractivity contribution >= 4 is 30.6 Å². The molecular weight excluding hydrogens is 452 g/mol. The van der Waals surface area contributed by atoms with Crippen LogP contribution >= 0.6 is 0 Å². The molecule has 2 aromatic carbocycles. The van der Waals surface area contributed by atoms with Crippen LogP contribution in [-0.2, 0) is 10.8 Å². The second-order valence-corrected chi connectivity index (χ2v) is 14.6. The van der Waals surface area contributed by atoms with Crippen molar-refractivity contribution in [2.24, 2.45) is 0 Å². The van der Waals surface area contributed by atoms with Crippen LogP contribution in [0.2, 0.25) is 5.04 Å². The Morgan fingerprint density at radius 1 is 1.00 bits per heavy atom. The molecule has 4 rings (SSSR count). The molecule has 0 bridgehead atoms. The third-order valence-electron chi connectivity index (χ3n) is 7.08. The van der Waals surface area contributed by atoms with Gasteiger partial charge in [-0.2, -0.15) is 0 Å². The van der Waals surface area contributed by atoms with Gasteiger partial charge in [0.2, 0.25) is 0 Å². The number of fused-ring (bicyclic) bond motifs is 1. The SMILES string of the molecule is CC(C)(C)[Si](OCCCCC1CCc2cccnc2N1C(=O)O)(c1ccccc1)c1ccccc1. The van der Waals surface area contributed by atoms with Gasteiger partial charge in [-0.3, -0.25) is 4.90 Å². The van der Waals surface area contributed by atoms with Gasteiger partial charge in [-0.1, -0.05) is 87.5 Å². The maximum atomic E-state index is 12.0. The molecule has 0 radical (unpaired) electrons. The second kappa shape index (κ2) is 10.8. The predicted octanol–water partition coefficient (Wildman–Crippen LogP) is 5.63. The summed E-state index contributed by atoms with van der Waals surface area (Å²) in [5, 5.41) is 12.4. The zero-order valence-electron chi connectivity index (χ0n) is 21.0. The van der Waals surface area contributed by atoms with E-state index >= 15 is 0 Å². The first-order valence-corrected chi connectivity index (χ1v) is 14.5. The Labute approximate surface area is 209 Å². The van der Waals surface area contributed by atoms with Gasteiger partial charge >= 0.3 is 6.09 Å². The lowest BCUT2D eigenvalue weighted by atomic mass is 9.95. The normalized spacial score (nSPS) is 16.1. The quantitative estimate of drug-likeness (QED) is 0.330. The van der Waals surface area contributed by atoms with Crippen LogP contribution in [0.5, 0.6) is 0 Å². The van der Waals surface area contributed by atoms with E-state index < -0.39 is 14.4 Å². The van der Waals surface area contributed by atoms with E-state index in [0.717, 1.165) is 37.7 Å². The number of carbonyl (C=O) groups is 1. The van der Waals surface area contributed by atoms with Crippen LogP contribution < -0.4 is 15.3 Å². The van der Waals surface area contributed by atoms with Gasteiger partial charge in [0.1, 0.15) is 5.82 Å². The number of aryl methyl sites for hydroxylation is 1. The van der Waals surface area contributed by atoms with Crippen LogP contribution in [0.15, 0.2) is 79.0 Å². The highest BCUT2D eigenvalue weighted by molar-refractivity contribution is 6.99. The number of pyridine rings is 1. The third-order valence-corrected chi connectivity index (χ3v) is 12.1.